The Morgan fingerprint density at radius 1 is 0.833 bits per heavy atom. The first-order valence-electron chi connectivity index (χ1n) is 6.59. The van der Waals surface area contributed by atoms with Crippen LogP contribution in [0.4, 0.5) is 0 Å². The third kappa shape index (κ3) is 1.47. The standard InChI is InChI=1S/C17H15N/c1-2-6-12(7-3-1)16-14-8-4-5-9-15(14)18-17(16)13-10-11-13/h1-9,13,18H,10-11H2. The van der Waals surface area contributed by atoms with Gasteiger partial charge in [-0.3, -0.25) is 0 Å². The molecule has 1 nitrogen and oxygen atoms in total. The van der Waals surface area contributed by atoms with Gasteiger partial charge in [0.25, 0.3) is 0 Å². The number of benzene rings is 2. The first-order chi connectivity index (χ1) is 8.93. The quantitative estimate of drug-likeness (QED) is 0.659. The van der Waals surface area contributed by atoms with Gasteiger partial charge >= 0.3 is 0 Å². The summed E-state index contributed by atoms with van der Waals surface area (Å²) in [4.78, 5) is 3.62. The van der Waals surface area contributed by atoms with E-state index in [0.29, 0.717) is 0 Å². The normalized spacial score (nSPS) is 15.1. The van der Waals surface area contributed by atoms with E-state index >= 15 is 0 Å². The number of H-pyrrole nitrogens is 1. The highest BCUT2D eigenvalue weighted by molar-refractivity contribution is 5.97. The summed E-state index contributed by atoms with van der Waals surface area (Å²) in [5, 5.41) is 1.35. The summed E-state index contributed by atoms with van der Waals surface area (Å²) < 4.78 is 0. The Morgan fingerprint density at radius 3 is 2.33 bits per heavy atom. The van der Waals surface area contributed by atoms with Gasteiger partial charge in [0.15, 0.2) is 0 Å². The smallest absolute Gasteiger partial charge is 0.0462 e. The maximum Gasteiger partial charge on any atom is 0.0462 e. The van der Waals surface area contributed by atoms with Crippen LogP contribution < -0.4 is 0 Å². The van der Waals surface area contributed by atoms with Gasteiger partial charge in [0.2, 0.25) is 0 Å². The number of fused-ring (bicyclic) bond motifs is 1. The molecular weight excluding hydrogens is 218 g/mol. The Labute approximate surface area is 106 Å². The second kappa shape index (κ2) is 3.74. The van der Waals surface area contributed by atoms with Gasteiger partial charge < -0.3 is 4.98 Å². The van der Waals surface area contributed by atoms with Gasteiger partial charge in [-0.15, -0.1) is 0 Å². The van der Waals surface area contributed by atoms with Gasteiger partial charge in [0.05, 0.1) is 0 Å². The average Bonchev–Trinajstić information content (AvgIpc) is 3.20. The molecule has 0 bridgehead atoms. The van der Waals surface area contributed by atoms with Crippen LogP contribution in [0.25, 0.3) is 22.0 Å². The lowest BCUT2D eigenvalue weighted by molar-refractivity contribution is 1.06. The third-order valence-electron chi connectivity index (χ3n) is 3.78. The van der Waals surface area contributed by atoms with Crippen LogP contribution in [0.3, 0.4) is 0 Å². The molecular formula is C17H15N. The van der Waals surface area contributed by atoms with E-state index in [2.05, 4.69) is 59.6 Å². The van der Waals surface area contributed by atoms with Crippen LogP contribution in [0.1, 0.15) is 24.5 Å². The molecule has 1 aliphatic carbocycles. The molecule has 2 aromatic carbocycles. The average molecular weight is 233 g/mol. The number of aromatic nitrogens is 1. The topological polar surface area (TPSA) is 15.8 Å². The van der Waals surface area contributed by atoms with E-state index in [4.69, 9.17) is 0 Å². The van der Waals surface area contributed by atoms with Crippen molar-refractivity contribution < 1.29 is 0 Å². The Morgan fingerprint density at radius 2 is 1.56 bits per heavy atom. The number of nitrogens with one attached hydrogen (secondary N) is 1. The Bertz CT molecular complexity index is 690. The van der Waals surface area contributed by atoms with Gasteiger partial charge in [0, 0.05) is 22.2 Å². The zero-order valence-corrected chi connectivity index (χ0v) is 10.2. The zero-order valence-electron chi connectivity index (χ0n) is 10.2. The lowest BCUT2D eigenvalue weighted by Crippen LogP contribution is -1.83. The van der Waals surface area contributed by atoms with Gasteiger partial charge in [-0.2, -0.15) is 0 Å². The summed E-state index contributed by atoms with van der Waals surface area (Å²) in [6.07, 6.45) is 2.65. The predicted octanol–water partition coefficient (Wildman–Crippen LogP) is 4.71. The van der Waals surface area contributed by atoms with Crippen LogP contribution in [0.5, 0.6) is 0 Å². The summed E-state index contributed by atoms with van der Waals surface area (Å²) in [6, 6.07) is 19.4. The van der Waals surface area contributed by atoms with Gasteiger partial charge in [-0.1, -0.05) is 48.5 Å². The Hall–Kier alpha value is -2.02. The first-order valence-corrected chi connectivity index (χ1v) is 6.59. The molecule has 0 aliphatic heterocycles. The molecule has 3 aromatic rings. The Balaban J connectivity index is 2.04. The zero-order chi connectivity index (χ0) is 11.9. The van der Waals surface area contributed by atoms with Crippen molar-refractivity contribution >= 4 is 10.9 Å². The minimum absolute atomic E-state index is 0.743. The van der Waals surface area contributed by atoms with Gasteiger partial charge in [0.1, 0.15) is 0 Å². The number of aromatic amines is 1. The summed E-state index contributed by atoms with van der Waals surface area (Å²) in [6.45, 7) is 0. The molecule has 1 aromatic heterocycles. The molecule has 0 amide bonds. The lowest BCUT2D eigenvalue weighted by atomic mass is 10.0. The van der Waals surface area contributed by atoms with E-state index < -0.39 is 0 Å². The molecule has 1 heterocycles. The molecule has 0 unspecified atom stereocenters. The monoisotopic (exact) mass is 233 g/mol. The van der Waals surface area contributed by atoms with Crippen LogP contribution in [-0.4, -0.2) is 4.98 Å². The van der Waals surface area contributed by atoms with E-state index in [1.165, 1.54) is 40.6 Å². The Kier molecular flexibility index (Phi) is 2.07. The van der Waals surface area contributed by atoms with Crippen LogP contribution in [0.2, 0.25) is 0 Å². The van der Waals surface area contributed by atoms with E-state index in [1.807, 2.05) is 0 Å². The highest BCUT2D eigenvalue weighted by Gasteiger charge is 2.29. The van der Waals surface area contributed by atoms with Crippen molar-refractivity contribution in [2.24, 2.45) is 0 Å². The highest BCUT2D eigenvalue weighted by Crippen LogP contribution is 2.46. The maximum absolute atomic E-state index is 3.62. The maximum atomic E-state index is 3.62. The molecule has 1 heteroatoms. The number of rotatable bonds is 2. The molecule has 0 spiro atoms. The lowest BCUT2D eigenvalue weighted by Gasteiger charge is -2.03. The fraction of sp³-hybridized carbons (Fsp3) is 0.176. The summed E-state index contributed by atoms with van der Waals surface area (Å²) in [5.41, 5.74) is 5.44. The first kappa shape index (κ1) is 9.95. The third-order valence-corrected chi connectivity index (χ3v) is 3.78. The van der Waals surface area contributed by atoms with Crippen molar-refractivity contribution in [1.82, 2.24) is 4.98 Å². The minimum Gasteiger partial charge on any atom is -0.358 e. The van der Waals surface area contributed by atoms with Crippen LogP contribution in [0.15, 0.2) is 54.6 Å². The van der Waals surface area contributed by atoms with Crippen molar-refractivity contribution in [3.63, 3.8) is 0 Å². The number of hydrogen-bond acceptors (Lipinski definition) is 0. The van der Waals surface area contributed by atoms with Gasteiger partial charge in [-0.25, -0.2) is 0 Å². The second-order valence-electron chi connectivity index (χ2n) is 5.10. The molecule has 0 radical (unpaired) electrons. The van der Waals surface area contributed by atoms with Crippen LogP contribution in [0, 0.1) is 0 Å². The van der Waals surface area contributed by atoms with Crippen LogP contribution >= 0.6 is 0 Å². The molecule has 1 fully saturated rings. The van der Waals surface area contributed by atoms with E-state index in [0.717, 1.165) is 5.92 Å². The molecule has 0 atom stereocenters. The fourth-order valence-corrected chi connectivity index (χ4v) is 2.76. The summed E-state index contributed by atoms with van der Waals surface area (Å²) in [5.74, 6) is 0.743. The molecule has 18 heavy (non-hydrogen) atoms. The highest BCUT2D eigenvalue weighted by atomic mass is 14.7. The second-order valence-corrected chi connectivity index (χ2v) is 5.10. The number of para-hydroxylation sites is 1. The van der Waals surface area contributed by atoms with E-state index in [1.54, 1.807) is 0 Å². The van der Waals surface area contributed by atoms with Crippen molar-refractivity contribution in [2.45, 2.75) is 18.8 Å². The van der Waals surface area contributed by atoms with E-state index in [9.17, 15) is 0 Å². The minimum atomic E-state index is 0.743. The van der Waals surface area contributed by atoms with Crippen molar-refractivity contribution in [2.75, 3.05) is 0 Å². The van der Waals surface area contributed by atoms with Crippen LogP contribution in [-0.2, 0) is 0 Å². The van der Waals surface area contributed by atoms with Crippen molar-refractivity contribution in [3.05, 3.63) is 60.3 Å². The predicted molar refractivity (Wildman–Crippen MR) is 75.7 cm³/mol. The molecule has 1 N–H and O–H groups in total. The molecule has 4 rings (SSSR count). The molecule has 88 valence electrons. The van der Waals surface area contributed by atoms with Crippen molar-refractivity contribution in [1.29, 1.82) is 0 Å². The largest absolute Gasteiger partial charge is 0.358 e. The number of hydrogen-bond donors (Lipinski definition) is 1. The summed E-state index contributed by atoms with van der Waals surface area (Å²) in [7, 11) is 0. The molecule has 1 saturated carbocycles. The molecule has 1 aliphatic rings. The van der Waals surface area contributed by atoms with E-state index in [-0.39, 0.29) is 0 Å². The SMILES string of the molecule is c1ccc(-c2c(C3CC3)[nH]c3ccccc23)cc1. The van der Waals surface area contributed by atoms with Crippen molar-refractivity contribution in [3.8, 4) is 11.1 Å². The summed E-state index contributed by atoms with van der Waals surface area (Å²) >= 11 is 0. The fourth-order valence-electron chi connectivity index (χ4n) is 2.76. The van der Waals surface area contributed by atoms with Gasteiger partial charge in [-0.05, 0) is 30.4 Å². The molecule has 0 saturated heterocycles.